The van der Waals surface area contributed by atoms with Gasteiger partial charge in [0.25, 0.3) is 34.1 Å². The van der Waals surface area contributed by atoms with Gasteiger partial charge in [0.2, 0.25) is 0 Å². The van der Waals surface area contributed by atoms with Crippen molar-refractivity contribution >= 4 is 61.4 Å². The number of nitrogens with zero attached hydrogens (tertiary/aromatic N) is 6. The molecule has 0 heterocycles. The molecular weight excluding hydrogens is 659 g/mol. The fraction of sp³-hybridized carbons (Fsp3) is 0. The van der Waals surface area contributed by atoms with Crippen LogP contribution in [0.1, 0.15) is 0 Å². The third-order valence-corrected chi connectivity index (χ3v) is 3.28. The van der Waals surface area contributed by atoms with E-state index < -0.39 is 75.2 Å². The van der Waals surface area contributed by atoms with Crippen LogP contribution in [0.25, 0.3) is 0 Å². The van der Waals surface area contributed by atoms with Crippen molar-refractivity contribution < 1.29 is 39.8 Å². The number of non-ortho nitro benzene ring substituents is 2. The maximum Gasteiger partial charge on any atom is 0.283 e. The van der Waals surface area contributed by atoms with Gasteiger partial charge in [0.15, 0.2) is 0 Å². The Morgan fingerprint density at radius 2 is 0.606 bits per heavy atom. The quantitative estimate of drug-likeness (QED) is 0.232. The second-order valence-electron chi connectivity index (χ2n) is 5.17. The zero-order valence-corrected chi connectivity index (χ0v) is 19.1. The Morgan fingerprint density at radius 3 is 0.727 bits per heavy atom. The summed E-state index contributed by atoms with van der Waals surface area (Å²) in [6.07, 6.45) is 0. The molecule has 0 saturated carbocycles. The number of hydrogen-bond donors (Lipinski definition) is 0. The molecule has 0 aliphatic heterocycles. The molecule has 0 saturated heterocycles. The van der Waals surface area contributed by atoms with E-state index in [2.05, 4.69) is 0 Å². The molecule has 33 heavy (non-hydrogen) atoms. The van der Waals surface area contributed by atoms with E-state index in [0.717, 1.165) is 0 Å². The standard InChI is InChI=1S/2C6H3N3O7.Pb/c2*10-6-4(8(13)14)1-3(7(11)12)2-5(6)9(15)16;/h2*1-2,10H;/p-2. The molecule has 0 amide bonds. The molecule has 2 rings (SSSR count). The van der Waals surface area contributed by atoms with E-state index in [4.69, 9.17) is 0 Å². The van der Waals surface area contributed by atoms with E-state index in [1.54, 1.807) is 0 Å². The van der Waals surface area contributed by atoms with Gasteiger partial charge >= 0.3 is 0 Å². The molecule has 0 aromatic heterocycles. The van der Waals surface area contributed by atoms with Crippen LogP contribution < -0.4 is 10.2 Å². The van der Waals surface area contributed by atoms with Crippen molar-refractivity contribution in [2.45, 2.75) is 0 Å². The first kappa shape index (κ1) is 28.4. The van der Waals surface area contributed by atoms with Gasteiger partial charge < -0.3 is 10.2 Å². The van der Waals surface area contributed by atoms with E-state index in [-0.39, 0.29) is 27.3 Å². The smallest absolute Gasteiger partial charge is 0.283 e. The Labute approximate surface area is 197 Å². The van der Waals surface area contributed by atoms with Crippen molar-refractivity contribution in [2.24, 2.45) is 0 Å². The zero-order valence-electron chi connectivity index (χ0n) is 15.2. The van der Waals surface area contributed by atoms with E-state index in [1.165, 1.54) is 0 Å². The summed E-state index contributed by atoms with van der Waals surface area (Å²) in [5.41, 5.74) is -6.53. The van der Waals surface area contributed by atoms with Gasteiger partial charge in [0.05, 0.1) is 65.3 Å². The summed E-state index contributed by atoms with van der Waals surface area (Å²) in [4.78, 5) is 55.0. The van der Waals surface area contributed by atoms with Crippen molar-refractivity contribution in [1.82, 2.24) is 0 Å². The van der Waals surface area contributed by atoms with E-state index in [0.29, 0.717) is 24.3 Å². The van der Waals surface area contributed by atoms with Crippen LogP contribution in [0, 0.1) is 60.7 Å². The van der Waals surface area contributed by atoms with Gasteiger partial charge in [-0.25, -0.2) is 0 Å². The first-order chi connectivity index (χ1) is 14.7. The fourth-order valence-electron chi connectivity index (χ4n) is 1.92. The zero-order chi connectivity index (χ0) is 24.9. The van der Waals surface area contributed by atoms with Crippen LogP contribution in [0.15, 0.2) is 24.3 Å². The summed E-state index contributed by atoms with van der Waals surface area (Å²) in [6.45, 7) is 0. The molecule has 0 aliphatic carbocycles. The first-order valence-corrected chi connectivity index (χ1v) is 7.25. The summed E-state index contributed by atoms with van der Waals surface area (Å²) in [7, 11) is 0. The average molecular weight is 663 g/mol. The second kappa shape index (κ2) is 11.1. The van der Waals surface area contributed by atoms with Gasteiger partial charge in [-0.05, 0) is 0 Å². The number of hydrogen-bond acceptors (Lipinski definition) is 14. The molecular formula is C12H4N6O14Pb-2. The van der Waals surface area contributed by atoms with Crippen LogP contribution in [0.4, 0.5) is 34.1 Å². The minimum Gasteiger partial charge on any atom is -0.863 e. The van der Waals surface area contributed by atoms with Gasteiger partial charge in [-0.3, -0.25) is 60.7 Å². The Bertz CT molecular complexity index is 1020. The predicted molar refractivity (Wildman–Crippen MR) is 97.5 cm³/mol. The molecule has 21 heteroatoms. The van der Waals surface area contributed by atoms with Gasteiger partial charge in [0.1, 0.15) is 0 Å². The monoisotopic (exact) mass is 664 g/mol. The molecule has 0 spiro atoms. The third-order valence-electron chi connectivity index (χ3n) is 3.28. The number of rotatable bonds is 6. The van der Waals surface area contributed by atoms with E-state index in [9.17, 15) is 70.9 Å². The summed E-state index contributed by atoms with van der Waals surface area (Å²) in [6, 6.07) is 1.54. The molecule has 2 aromatic rings. The van der Waals surface area contributed by atoms with E-state index >= 15 is 0 Å². The molecule has 172 valence electrons. The van der Waals surface area contributed by atoms with Gasteiger partial charge in [-0.15, -0.1) is 0 Å². The Hall–Kier alpha value is -4.64. The molecule has 0 unspecified atom stereocenters. The van der Waals surface area contributed by atoms with Crippen LogP contribution in [-0.4, -0.2) is 56.8 Å². The summed E-state index contributed by atoms with van der Waals surface area (Å²) in [5.74, 6) is -2.92. The number of nitro benzene ring substituents is 6. The van der Waals surface area contributed by atoms with Crippen molar-refractivity contribution in [3.8, 4) is 11.5 Å². The van der Waals surface area contributed by atoms with Crippen LogP contribution in [-0.2, 0) is 0 Å². The normalized spacial score (nSPS) is 9.45. The van der Waals surface area contributed by atoms with Crippen molar-refractivity contribution in [3.05, 3.63) is 85.0 Å². The van der Waals surface area contributed by atoms with Gasteiger partial charge in [-0.1, -0.05) is 0 Å². The van der Waals surface area contributed by atoms with Gasteiger partial charge in [-0.2, -0.15) is 0 Å². The topological polar surface area (TPSA) is 305 Å². The minimum atomic E-state index is -1.46. The Kier molecular flexibility index (Phi) is 9.55. The molecule has 0 aliphatic rings. The van der Waals surface area contributed by atoms with Crippen LogP contribution in [0.5, 0.6) is 11.5 Å². The van der Waals surface area contributed by atoms with E-state index in [1.807, 2.05) is 0 Å². The molecule has 0 fully saturated rings. The molecule has 2 aromatic carbocycles. The maximum atomic E-state index is 11.1. The average Bonchev–Trinajstić information content (AvgIpc) is 2.67. The molecule has 4 radical (unpaired) electrons. The van der Waals surface area contributed by atoms with Crippen molar-refractivity contribution in [2.75, 3.05) is 0 Å². The fourth-order valence-corrected chi connectivity index (χ4v) is 1.92. The molecule has 0 bridgehead atoms. The SMILES string of the molecule is O=[N+]([O-])c1cc([N+](=O)[O-])c([O-])c([N+](=O)[O-])c1.O=[N+]([O-])c1cc([N+](=O)[O-])c([O-])c([N+](=O)[O-])c1.[Pb]. The number of benzene rings is 2. The largest absolute Gasteiger partial charge is 0.863 e. The maximum absolute atomic E-state index is 11.1. The van der Waals surface area contributed by atoms with Crippen LogP contribution in [0.2, 0.25) is 0 Å². The minimum absolute atomic E-state index is 0. The molecule has 0 atom stereocenters. The van der Waals surface area contributed by atoms with Crippen molar-refractivity contribution in [3.63, 3.8) is 0 Å². The van der Waals surface area contributed by atoms with Crippen LogP contribution >= 0.6 is 0 Å². The number of nitro groups is 6. The Balaban J connectivity index is 0.000000602. The van der Waals surface area contributed by atoms with Crippen LogP contribution in [0.3, 0.4) is 0 Å². The Morgan fingerprint density at radius 1 is 0.424 bits per heavy atom. The predicted octanol–water partition coefficient (Wildman–Crippen LogP) is 0.589. The molecule has 0 N–H and O–H groups in total. The van der Waals surface area contributed by atoms with Gasteiger partial charge in [0, 0.05) is 27.3 Å². The van der Waals surface area contributed by atoms with Crippen molar-refractivity contribution in [1.29, 1.82) is 0 Å². The third kappa shape index (κ3) is 6.67. The summed E-state index contributed by atoms with van der Waals surface area (Å²) in [5, 5.41) is 84.2. The second-order valence-corrected chi connectivity index (χ2v) is 5.17. The summed E-state index contributed by atoms with van der Waals surface area (Å²) < 4.78 is 0. The summed E-state index contributed by atoms with van der Waals surface area (Å²) >= 11 is 0. The molecule has 20 nitrogen and oxygen atoms in total. The first-order valence-electron chi connectivity index (χ1n) is 7.25.